The summed E-state index contributed by atoms with van der Waals surface area (Å²) in [7, 11) is 0. The van der Waals surface area contributed by atoms with Gasteiger partial charge >= 0.3 is 0 Å². The first-order chi connectivity index (χ1) is 4.83. The van der Waals surface area contributed by atoms with Gasteiger partial charge in [-0.25, -0.2) is 4.98 Å². The highest BCUT2D eigenvalue weighted by Gasteiger charge is 1.92. The van der Waals surface area contributed by atoms with Crippen molar-refractivity contribution in [3.63, 3.8) is 0 Å². The summed E-state index contributed by atoms with van der Waals surface area (Å²) >= 11 is 3.40. The van der Waals surface area contributed by atoms with E-state index in [1.54, 1.807) is 23.1 Å². The zero-order valence-electron chi connectivity index (χ0n) is 6.84. The van der Waals surface area contributed by atoms with Crippen LogP contribution >= 0.6 is 23.1 Å². The first kappa shape index (κ1) is 9.98. The molecule has 1 nitrogen and oxygen atoms in total. The molecule has 0 spiro atoms. The zero-order chi connectivity index (χ0) is 7.98. The van der Waals surface area contributed by atoms with Gasteiger partial charge in [-0.2, -0.15) is 0 Å². The average Bonchev–Trinajstić information content (AvgIpc) is 2.40. The fraction of sp³-hybridized carbons (Fsp3) is 0.571. The second-order valence-electron chi connectivity index (χ2n) is 1.46. The Kier molecular flexibility index (Phi) is 5.73. The Morgan fingerprint density at radius 2 is 2.10 bits per heavy atom. The Morgan fingerprint density at radius 3 is 2.30 bits per heavy atom. The van der Waals surface area contributed by atoms with Crippen LogP contribution in [0.25, 0.3) is 0 Å². The molecule has 0 amide bonds. The lowest BCUT2D eigenvalue weighted by Crippen LogP contribution is -1.66. The molecule has 0 aliphatic carbocycles. The Morgan fingerprint density at radius 1 is 1.50 bits per heavy atom. The van der Waals surface area contributed by atoms with Crippen LogP contribution in [-0.2, 0) is 0 Å². The van der Waals surface area contributed by atoms with E-state index >= 15 is 0 Å². The fourth-order valence-electron chi connectivity index (χ4n) is 0.426. The zero-order valence-corrected chi connectivity index (χ0v) is 8.47. The second-order valence-corrected chi connectivity index (χ2v) is 3.37. The maximum absolute atomic E-state index is 4.21. The normalized spacial score (nSPS) is 8.40. The SMILES string of the molecule is CC.CSc1nc(C)cs1. The minimum absolute atomic E-state index is 1.12. The highest BCUT2D eigenvalue weighted by atomic mass is 32.2. The molecule has 0 aliphatic rings. The molecule has 0 radical (unpaired) electrons. The average molecular weight is 175 g/mol. The van der Waals surface area contributed by atoms with Crippen molar-refractivity contribution in [1.82, 2.24) is 4.98 Å². The van der Waals surface area contributed by atoms with Gasteiger partial charge in [0.1, 0.15) is 4.34 Å². The molecule has 0 unspecified atom stereocenters. The second kappa shape index (κ2) is 5.74. The summed E-state index contributed by atoms with van der Waals surface area (Å²) in [6.07, 6.45) is 2.04. The summed E-state index contributed by atoms with van der Waals surface area (Å²) in [4.78, 5) is 4.21. The van der Waals surface area contributed by atoms with E-state index in [0.29, 0.717) is 0 Å². The number of thioether (sulfide) groups is 1. The van der Waals surface area contributed by atoms with Crippen molar-refractivity contribution in [3.05, 3.63) is 11.1 Å². The standard InChI is InChI=1S/C5H7NS2.C2H6/c1-4-3-8-5(6-4)7-2;1-2/h3H,1-2H3;1-2H3. The van der Waals surface area contributed by atoms with Crippen molar-refractivity contribution in [1.29, 1.82) is 0 Å². The van der Waals surface area contributed by atoms with Gasteiger partial charge in [0.2, 0.25) is 0 Å². The van der Waals surface area contributed by atoms with Gasteiger partial charge in [-0.15, -0.1) is 11.3 Å². The van der Waals surface area contributed by atoms with Crippen LogP contribution in [0.4, 0.5) is 0 Å². The summed E-state index contributed by atoms with van der Waals surface area (Å²) < 4.78 is 1.16. The van der Waals surface area contributed by atoms with Crippen molar-refractivity contribution in [3.8, 4) is 0 Å². The van der Waals surface area contributed by atoms with Crippen LogP contribution < -0.4 is 0 Å². The Balaban J connectivity index is 0.000000371. The fourth-order valence-corrected chi connectivity index (χ4v) is 1.71. The number of thiazole rings is 1. The van der Waals surface area contributed by atoms with Crippen molar-refractivity contribution in [2.75, 3.05) is 6.26 Å². The van der Waals surface area contributed by atoms with Gasteiger partial charge in [-0.3, -0.25) is 0 Å². The van der Waals surface area contributed by atoms with E-state index in [4.69, 9.17) is 0 Å². The van der Waals surface area contributed by atoms with Crippen LogP contribution in [0.3, 0.4) is 0 Å². The number of aryl methyl sites for hydroxylation is 1. The molecule has 1 heterocycles. The molecule has 1 aromatic heterocycles. The summed E-state index contributed by atoms with van der Waals surface area (Å²) in [5.41, 5.74) is 1.12. The molecular weight excluding hydrogens is 162 g/mol. The topological polar surface area (TPSA) is 12.9 Å². The van der Waals surface area contributed by atoms with Gasteiger partial charge in [0.25, 0.3) is 0 Å². The van der Waals surface area contributed by atoms with E-state index in [2.05, 4.69) is 10.4 Å². The first-order valence-corrected chi connectivity index (χ1v) is 5.39. The Bertz CT molecular complexity index is 172. The summed E-state index contributed by atoms with van der Waals surface area (Å²) in [5, 5.41) is 2.06. The number of nitrogens with zero attached hydrogens (tertiary/aromatic N) is 1. The van der Waals surface area contributed by atoms with Gasteiger partial charge in [0.05, 0.1) is 0 Å². The quantitative estimate of drug-likeness (QED) is 0.608. The van der Waals surface area contributed by atoms with Crippen molar-refractivity contribution < 1.29 is 0 Å². The van der Waals surface area contributed by atoms with E-state index in [0.717, 1.165) is 10.0 Å². The van der Waals surface area contributed by atoms with Crippen LogP contribution in [-0.4, -0.2) is 11.2 Å². The third kappa shape index (κ3) is 3.22. The molecular formula is C7H13NS2. The lowest BCUT2D eigenvalue weighted by Gasteiger charge is -1.79. The van der Waals surface area contributed by atoms with Gasteiger partial charge in [-0.1, -0.05) is 25.6 Å². The maximum Gasteiger partial charge on any atom is 0.149 e. The minimum Gasteiger partial charge on any atom is -0.235 e. The molecule has 0 saturated carbocycles. The smallest absolute Gasteiger partial charge is 0.149 e. The van der Waals surface area contributed by atoms with Gasteiger partial charge in [0, 0.05) is 11.1 Å². The largest absolute Gasteiger partial charge is 0.235 e. The lowest BCUT2D eigenvalue weighted by molar-refractivity contribution is 1.16. The van der Waals surface area contributed by atoms with E-state index in [-0.39, 0.29) is 0 Å². The third-order valence-electron chi connectivity index (χ3n) is 0.773. The summed E-state index contributed by atoms with van der Waals surface area (Å²) in [5.74, 6) is 0. The summed E-state index contributed by atoms with van der Waals surface area (Å²) in [6, 6.07) is 0. The van der Waals surface area contributed by atoms with Gasteiger partial charge in [0.15, 0.2) is 0 Å². The third-order valence-corrected chi connectivity index (χ3v) is 2.75. The van der Waals surface area contributed by atoms with Crippen LogP contribution in [0.1, 0.15) is 19.5 Å². The monoisotopic (exact) mass is 175 g/mol. The predicted molar refractivity (Wildman–Crippen MR) is 50.0 cm³/mol. The number of hydrogen-bond donors (Lipinski definition) is 0. The highest BCUT2D eigenvalue weighted by Crippen LogP contribution is 2.18. The number of rotatable bonds is 1. The minimum atomic E-state index is 1.12. The molecule has 1 aromatic rings. The molecule has 0 bridgehead atoms. The van der Waals surface area contributed by atoms with E-state index in [1.165, 1.54) is 0 Å². The van der Waals surface area contributed by atoms with Crippen LogP contribution in [0.15, 0.2) is 9.72 Å². The number of aromatic nitrogens is 1. The molecule has 3 heteroatoms. The van der Waals surface area contributed by atoms with Gasteiger partial charge in [-0.05, 0) is 13.2 Å². The van der Waals surface area contributed by atoms with E-state index in [1.807, 2.05) is 27.0 Å². The molecule has 0 atom stereocenters. The van der Waals surface area contributed by atoms with Crippen molar-refractivity contribution in [2.45, 2.75) is 25.1 Å². The molecule has 0 fully saturated rings. The number of hydrogen-bond acceptors (Lipinski definition) is 3. The molecule has 0 saturated heterocycles. The van der Waals surface area contributed by atoms with Crippen LogP contribution in [0.5, 0.6) is 0 Å². The van der Waals surface area contributed by atoms with Crippen molar-refractivity contribution in [2.24, 2.45) is 0 Å². The predicted octanol–water partition coefficient (Wildman–Crippen LogP) is 3.20. The summed E-state index contributed by atoms with van der Waals surface area (Å²) in [6.45, 7) is 6.01. The molecule has 0 aliphatic heterocycles. The van der Waals surface area contributed by atoms with Crippen LogP contribution in [0, 0.1) is 6.92 Å². The first-order valence-electron chi connectivity index (χ1n) is 3.29. The maximum atomic E-state index is 4.21. The molecule has 1 rings (SSSR count). The molecule has 58 valence electrons. The molecule has 0 aromatic carbocycles. The Labute approximate surface area is 70.9 Å². The van der Waals surface area contributed by atoms with Crippen molar-refractivity contribution >= 4 is 23.1 Å². The van der Waals surface area contributed by atoms with Gasteiger partial charge < -0.3 is 0 Å². The van der Waals surface area contributed by atoms with E-state index in [9.17, 15) is 0 Å². The molecule has 10 heavy (non-hydrogen) atoms. The van der Waals surface area contributed by atoms with Crippen LogP contribution in [0.2, 0.25) is 0 Å². The molecule has 0 N–H and O–H groups in total. The van der Waals surface area contributed by atoms with E-state index < -0.39 is 0 Å². The Hall–Kier alpha value is -0.0200. The lowest BCUT2D eigenvalue weighted by atomic mass is 10.6. The highest BCUT2D eigenvalue weighted by molar-refractivity contribution is 8.00.